The second kappa shape index (κ2) is 6.37. The van der Waals surface area contributed by atoms with E-state index in [2.05, 4.69) is 16.2 Å². The van der Waals surface area contributed by atoms with Crippen LogP contribution in [0.2, 0.25) is 0 Å². The van der Waals surface area contributed by atoms with E-state index in [4.69, 9.17) is 4.74 Å². The first-order valence-corrected chi connectivity index (χ1v) is 5.08. The van der Waals surface area contributed by atoms with Crippen molar-refractivity contribution in [1.29, 1.82) is 0 Å². The zero-order chi connectivity index (χ0) is 12.7. The maximum Gasteiger partial charge on any atom is 0.333 e. The third kappa shape index (κ3) is 4.87. The molecule has 0 aromatic heterocycles. The molecule has 6 heteroatoms. The molecule has 1 rings (SSSR count). The van der Waals surface area contributed by atoms with Crippen LogP contribution in [0.25, 0.3) is 0 Å². The number of hydrogen-bond donors (Lipinski definition) is 3. The van der Waals surface area contributed by atoms with Gasteiger partial charge in [-0.15, -0.1) is 0 Å². The predicted molar refractivity (Wildman–Crippen MR) is 62.4 cm³/mol. The van der Waals surface area contributed by atoms with Crippen molar-refractivity contribution >= 4 is 11.9 Å². The highest BCUT2D eigenvalue weighted by Gasteiger charge is 2.03. The van der Waals surface area contributed by atoms with E-state index in [0.29, 0.717) is 5.75 Å². The van der Waals surface area contributed by atoms with Crippen LogP contribution >= 0.6 is 0 Å². The first kappa shape index (κ1) is 12.8. The number of carbonyl (C=O) groups excluding carboxylic acids is 2. The fraction of sp³-hybridized carbons (Fsp3) is 0.273. The zero-order valence-electron chi connectivity index (χ0n) is 9.74. The topological polar surface area (TPSA) is 79.5 Å². The van der Waals surface area contributed by atoms with E-state index in [1.807, 2.05) is 25.1 Å². The summed E-state index contributed by atoms with van der Waals surface area (Å²) < 4.78 is 5.23. The van der Waals surface area contributed by atoms with Gasteiger partial charge in [0.15, 0.2) is 6.61 Å². The minimum atomic E-state index is -0.492. The molecule has 1 aromatic carbocycles. The molecule has 0 saturated carbocycles. The molecule has 0 saturated heterocycles. The summed E-state index contributed by atoms with van der Waals surface area (Å²) >= 11 is 0. The van der Waals surface area contributed by atoms with Crippen molar-refractivity contribution in [2.45, 2.75) is 6.92 Å². The largest absolute Gasteiger partial charge is 0.484 e. The van der Waals surface area contributed by atoms with E-state index in [1.54, 1.807) is 6.07 Å². The average molecular weight is 237 g/mol. The fourth-order valence-electron chi connectivity index (χ4n) is 1.08. The third-order valence-corrected chi connectivity index (χ3v) is 1.90. The van der Waals surface area contributed by atoms with E-state index in [0.717, 1.165) is 5.56 Å². The molecule has 3 amide bonds. The minimum Gasteiger partial charge on any atom is -0.484 e. The van der Waals surface area contributed by atoms with Crippen LogP contribution in [0.5, 0.6) is 5.75 Å². The summed E-state index contributed by atoms with van der Waals surface area (Å²) in [4.78, 5) is 22.0. The lowest BCUT2D eigenvalue weighted by molar-refractivity contribution is -0.123. The normalized spacial score (nSPS) is 9.29. The van der Waals surface area contributed by atoms with Crippen LogP contribution in [0, 0.1) is 6.92 Å². The second-order valence-electron chi connectivity index (χ2n) is 3.36. The van der Waals surface area contributed by atoms with Crippen LogP contribution in [0.1, 0.15) is 5.56 Å². The molecule has 0 bridgehead atoms. The van der Waals surface area contributed by atoms with Gasteiger partial charge in [0.05, 0.1) is 0 Å². The lowest BCUT2D eigenvalue weighted by Crippen LogP contribution is -2.47. The molecule has 0 atom stereocenters. The monoisotopic (exact) mass is 237 g/mol. The van der Waals surface area contributed by atoms with E-state index in [9.17, 15) is 9.59 Å². The molecule has 6 nitrogen and oxygen atoms in total. The SMILES string of the molecule is CNC(=O)NNC(=O)COc1cccc(C)c1. The van der Waals surface area contributed by atoms with Gasteiger partial charge in [0.2, 0.25) is 0 Å². The van der Waals surface area contributed by atoms with Crippen LogP contribution < -0.4 is 20.9 Å². The number of carbonyl (C=O) groups is 2. The molecule has 0 aliphatic heterocycles. The van der Waals surface area contributed by atoms with Crippen LogP contribution in [-0.4, -0.2) is 25.6 Å². The summed E-state index contributed by atoms with van der Waals surface area (Å²) in [5, 5.41) is 2.30. The summed E-state index contributed by atoms with van der Waals surface area (Å²) in [5.74, 6) is 0.176. The Morgan fingerprint density at radius 3 is 2.71 bits per heavy atom. The molecule has 0 heterocycles. The Bertz CT molecular complexity index is 407. The highest BCUT2D eigenvalue weighted by atomic mass is 16.5. The number of ether oxygens (including phenoxy) is 1. The van der Waals surface area contributed by atoms with Crippen LogP contribution in [0.3, 0.4) is 0 Å². The van der Waals surface area contributed by atoms with Gasteiger partial charge in [0, 0.05) is 7.05 Å². The van der Waals surface area contributed by atoms with Gasteiger partial charge in [-0.3, -0.25) is 10.2 Å². The van der Waals surface area contributed by atoms with E-state index in [-0.39, 0.29) is 6.61 Å². The standard InChI is InChI=1S/C11H15N3O3/c1-8-4-3-5-9(6-8)17-7-10(15)13-14-11(16)12-2/h3-6H,7H2,1-2H3,(H,13,15)(H2,12,14,16). The third-order valence-electron chi connectivity index (χ3n) is 1.90. The quantitative estimate of drug-likeness (QED) is 0.663. The number of hydrogen-bond acceptors (Lipinski definition) is 3. The minimum absolute atomic E-state index is 0.159. The predicted octanol–water partition coefficient (Wildman–Crippen LogP) is 0.334. The number of benzene rings is 1. The fourth-order valence-corrected chi connectivity index (χ4v) is 1.08. The first-order chi connectivity index (χ1) is 8.11. The molecule has 0 aliphatic rings. The molecule has 0 spiro atoms. The molecule has 17 heavy (non-hydrogen) atoms. The van der Waals surface area contributed by atoms with Crippen molar-refractivity contribution in [3.05, 3.63) is 29.8 Å². The number of amides is 3. The maximum absolute atomic E-state index is 11.2. The lowest BCUT2D eigenvalue weighted by Gasteiger charge is -2.08. The number of urea groups is 1. The number of hydrazine groups is 1. The molecule has 0 aliphatic carbocycles. The van der Waals surface area contributed by atoms with E-state index < -0.39 is 11.9 Å². The van der Waals surface area contributed by atoms with Crippen molar-refractivity contribution in [2.75, 3.05) is 13.7 Å². The van der Waals surface area contributed by atoms with Gasteiger partial charge in [-0.2, -0.15) is 0 Å². The Kier molecular flexibility index (Phi) is 4.80. The summed E-state index contributed by atoms with van der Waals surface area (Å²) in [6.07, 6.45) is 0. The molecule has 0 fully saturated rings. The van der Waals surface area contributed by atoms with Gasteiger partial charge in [0.25, 0.3) is 5.91 Å². The molecular weight excluding hydrogens is 222 g/mol. The van der Waals surface area contributed by atoms with Crippen molar-refractivity contribution < 1.29 is 14.3 Å². The van der Waals surface area contributed by atoms with Gasteiger partial charge < -0.3 is 10.1 Å². The summed E-state index contributed by atoms with van der Waals surface area (Å²) in [6, 6.07) is 6.85. The smallest absolute Gasteiger partial charge is 0.333 e. The molecule has 3 N–H and O–H groups in total. The van der Waals surface area contributed by atoms with Crippen LogP contribution in [0.15, 0.2) is 24.3 Å². The molecular formula is C11H15N3O3. The molecule has 1 aromatic rings. The highest BCUT2D eigenvalue weighted by molar-refractivity contribution is 5.81. The summed E-state index contributed by atoms with van der Waals surface area (Å²) in [7, 11) is 1.45. The average Bonchev–Trinajstić information content (AvgIpc) is 2.33. The Morgan fingerprint density at radius 1 is 1.29 bits per heavy atom. The Balaban J connectivity index is 2.31. The highest BCUT2D eigenvalue weighted by Crippen LogP contribution is 2.11. The van der Waals surface area contributed by atoms with Gasteiger partial charge >= 0.3 is 6.03 Å². The van der Waals surface area contributed by atoms with Gasteiger partial charge in [-0.1, -0.05) is 12.1 Å². The molecule has 92 valence electrons. The van der Waals surface area contributed by atoms with Crippen molar-refractivity contribution in [1.82, 2.24) is 16.2 Å². The van der Waals surface area contributed by atoms with Gasteiger partial charge in [-0.25, -0.2) is 10.2 Å². The van der Waals surface area contributed by atoms with Gasteiger partial charge in [0.1, 0.15) is 5.75 Å². The summed E-state index contributed by atoms with van der Waals surface area (Å²) in [6.45, 7) is 1.77. The Labute approximate surface area is 99.3 Å². The lowest BCUT2D eigenvalue weighted by atomic mass is 10.2. The Hall–Kier alpha value is -2.24. The van der Waals surface area contributed by atoms with Crippen LogP contribution in [0.4, 0.5) is 4.79 Å². The summed E-state index contributed by atoms with van der Waals surface area (Å²) in [5.41, 5.74) is 5.39. The van der Waals surface area contributed by atoms with E-state index >= 15 is 0 Å². The second-order valence-corrected chi connectivity index (χ2v) is 3.36. The van der Waals surface area contributed by atoms with Crippen LogP contribution in [-0.2, 0) is 4.79 Å². The number of rotatable bonds is 3. The zero-order valence-corrected chi connectivity index (χ0v) is 9.74. The molecule has 0 radical (unpaired) electrons. The number of nitrogens with one attached hydrogen (secondary N) is 3. The van der Waals surface area contributed by atoms with Gasteiger partial charge in [-0.05, 0) is 24.6 Å². The first-order valence-electron chi connectivity index (χ1n) is 5.08. The van der Waals surface area contributed by atoms with Crippen molar-refractivity contribution in [3.8, 4) is 5.75 Å². The van der Waals surface area contributed by atoms with Crippen molar-refractivity contribution in [2.24, 2.45) is 0 Å². The number of aryl methyl sites for hydroxylation is 1. The molecule has 0 unspecified atom stereocenters. The maximum atomic E-state index is 11.2. The van der Waals surface area contributed by atoms with Crippen molar-refractivity contribution in [3.63, 3.8) is 0 Å². The van der Waals surface area contributed by atoms with E-state index in [1.165, 1.54) is 7.05 Å². The Morgan fingerprint density at radius 2 is 2.06 bits per heavy atom.